The van der Waals surface area contributed by atoms with Gasteiger partial charge >= 0.3 is 12.1 Å². The number of rotatable bonds is 12. The summed E-state index contributed by atoms with van der Waals surface area (Å²) in [5, 5.41) is 22.9. The van der Waals surface area contributed by atoms with Crippen molar-refractivity contribution in [3.63, 3.8) is 0 Å². The first kappa shape index (κ1) is 24.4. The molecular formula is C24H27N3O5. The van der Waals surface area contributed by atoms with Crippen LogP contribution in [0.25, 0.3) is 0 Å². The van der Waals surface area contributed by atoms with E-state index < -0.39 is 24.0 Å². The van der Waals surface area contributed by atoms with Gasteiger partial charge in [-0.25, -0.2) is 4.79 Å². The van der Waals surface area contributed by atoms with Crippen LogP contribution in [0.4, 0.5) is 4.79 Å². The zero-order chi connectivity index (χ0) is 23.2. The van der Waals surface area contributed by atoms with Crippen LogP contribution in [0.15, 0.2) is 54.6 Å². The predicted molar refractivity (Wildman–Crippen MR) is 118 cm³/mol. The number of amides is 2. The minimum Gasteiger partial charge on any atom is -0.481 e. The number of carboxylic acids is 1. The predicted octanol–water partition coefficient (Wildman–Crippen LogP) is 3.16. The second-order valence-corrected chi connectivity index (χ2v) is 7.25. The Morgan fingerprint density at radius 1 is 1.00 bits per heavy atom. The molecule has 3 N–H and O–H groups in total. The van der Waals surface area contributed by atoms with Crippen molar-refractivity contribution in [2.45, 2.75) is 44.8 Å². The van der Waals surface area contributed by atoms with Crippen LogP contribution in [-0.2, 0) is 27.4 Å². The molecule has 32 heavy (non-hydrogen) atoms. The Morgan fingerprint density at radius 3 is 2.38 bits per heavy atom. The molecule has 2 aromatic rings. The normalized spacial score (nSPS) is 11.1. The van der Waals surface area contributed by atoms with Crippen molar-refractivity contribution >= 4 is 18.0 Å². The first-order chi connectivity index (χ1) is 15.5. The molecule has 0 saturated carbocycles. The molecule has 2 rings (SSSR count). The Kier molecular flexibility index (Phi) is 10.3. The van der Waals surface area contributed by atoms with Gasteiger partial charge in [-0.05, 0) is 48.9 Å². The largest absolute Gasteiger partial charge is 0.481 e. The summed E-state index contributed by atoms with van der Waals surface area (Å²) in [6.07, 6.45) is 1.30. The smallest absolute Gasteiger partial charge is 0.408 e. The molecule has 0 radical (unpaired) electrons. The van der Waals surface area contributed by atoms with Gasteiger partial charge in [-0.3, -0.25) is 9.59 Å². The Morgan fingerprint density at radius 2 is 1.72 bits per heavy atom. The molecule has 0 bridgehead atoms. The fourth-order valence-corrected chi connectivity index (χ4v) is 2.98. The minimum absolute atomic E-state index is 0.0349. The van der Waals surface area contributed by atoms with Crippen molar-refractivity contribution in [2.75, 3.05) is 6.54 Å². The van der Waals surface area contributed by atoms with Crippen LogP contribution in [0.2, 0.25) is 0 Å². The van der Waals surface area contributed by atoms with Crippen molar-refractivity contribution in [2.24, 2.45) is 0 Å². The number of carbonyl (C=O) groups excluding carboxylic acids is 2. The quantitative estimate of drug-likeness (QED) is 0.438. The second-order valence-electron chi connectivity index (χ2n) is 7.25. The van der Waals surface area contributed by atoms with E-state index in [0.29, 0.717) is 12.1 Å². The number of alkyl carbamates (subject to hydrolysis) is 1. The maximum Gasteiger partial charge on any atom is 0.408 e. The number of nitrogens with zero attached hydrogens (tertiary/aromatic N) is 1. The van der Waals surface area contributed by atoms with E-state index in [0.717, 1.165) is 30.4 Å². The number of nitriles is 1. The second kappa shape index (κ2) is 13.4. The van der Waals surface area contributed by atoms with Crippen LogP contribution in [-0.4, -0.2) is 35.7 Å². The number of carbonyl (C=O) groups is 3. The van der Waals surface area contributed by atoms with Crippen molar-refractivity contribution in [1.82, 2.24) is 10.6 Å². The van der Waals surface area contributed by atoms with Gasteiger partial charge in [0.1, 0.15) is 12.6 Å². The summed E-state index contributed by atoms with van der Waals surface area (Å²) in [4.78, 5) is 35.4. The molecule has 2 amide bonds. The summed E-state index contributed by atoms with van der Waals surface area (Å²) >= 11 is 0. The van der Waals surface area contributed by atoms with E-state index in [9.17, 15) is 14.4 Å². The summed E-state index contributed by atoms with van der Waals surface area (Å²) in [7, 11) is 0. The first-order valence-corrected chi connectivity index (χ1v) is 10.4. The molecule has 0 aliphatic carbocycles. The van der Waals surface area contributed by atoms with Gasteiger partial charge in [0.15, 0.2) is 0 Å². The lowest BCUT2D eigenvalue weighted by molar-refractivity contribution is -0.137. The average Bonchev–Trinajstić information content (AvgIpc) is 2.81. The highest BCUT2D eigenvalue weighted by Crippen LogP contribution is 2.07. The molecule has 168 valence electrons. The molecule has 0 saturated heterocycles. The molecule has 0 fully saturated rings. The van der Waals surface area contributed by atoms with E-state index in [1.54, 1.807) is 24.3 Å². The third-order valence-corrected chi connectivity index (χ3v) is 4.74. The van der Waals surface area contributed by atoms with E-state index in [1.807, 2.05) is 30.3 Å². The highest BCUT2D eigenvalue weighted by Gasteiger charge is 2.22. The lowest BCUT2D eigenvalue weighted by Gasteiger charge is -2.18. The van der Waals surface area contributed by atoms with Gasteiger partial charge in [-0.15, -0.1) is 0 Å². The lowest BCUT2D eigenvalue weighted by Crippen LogP contribution is -2.47. The van der Waals surface area contributed by atoms with Gasteiger partial charge < -0.3 is 20.5 Å². The Bertz CT molecular complexity index is 923. The molecule has 0 aliphatic heterocycles. The summed E-state index contributed by atoms with van der Waals surface area (Å²) in [6.45, 7) is 0.453. The van der Waals surface area contributed by atoms with Gasteiger partial charge in [-0.2, -0.15) is 5.26 Å². The van der Waals surface area contributed by atoms with E-state index in [2.05, 4.69) is 16.7 Å². The highest BCUT2D eigenvalue weighted by molar-refractivity contribution is 5.86. The number of unbranched alkanes of at least 4 members (excludes halogenated alkanes) is 1. The molecule has 8 heteroatoms. The van der Waals surface area contributed by atoms with Crippen LogP contribution >= 0.6 is 0 Å². The SMILES string of the molecule is N#Cc1ccc(CCCCNC(=O)C(CCC(=O)O)NC(=O)OCc2ccccc2)cc1. The van der Waals surface area contributed by atoms with Crippen molar-refractivity contribution in [1.29, 1.82) is 5.26 Å². The topological polar surface area (TPSA) is 129 Å². The lowest BCUT2D eigenvalue weighted by atomic mass is 10.1. The molecule has 0 aliphatic rings. The van der Waals surface area contributed by atoms with Gasteiger partial charge in [-0.1, -0.05) is 42.5 Å². The standard InChI is InChI=1S/C24H27N3O5/c25-16-19-11-9-18(10-12-19)6-4-5-15-26-23(30)21(13-14-22(28)29)27-24(31)32-17-20-7-2-1-3-8-20/h1-3,7-12,21H,4-6,13-15,17H2,(H,26,30)(H,27,31)(H,28,29). The number of hydrogen-bond acceptors (Lipinski definition) is 5. The number of nitrogens with one attached hydrogen (secondary N) is 2. The zero-order valence-corrected chi connectivity index (χ0v) is 17.8. The van der Waals surface area contributed by atoms with E-state index in [4.69, 9.17) is 15.1 Å². The van der Waals surface area contributed by atoms with E-state index in [-0.39, 0.29) is 19.4 Å². The first-order valence-electron chi connectivity index (χ1n) is 10.4. The fraction of sp³-hybridized carbons (Fsp3) is 0.333. The van der Waals surface area contributed by atoms with Gasteiger partial charge in [0.2, 0.25) is 5.91 Å². The Balaban J connectivity index is 1.75. The minimum atomic E-state index is -1.05. The molecule has 1 atom stereocenters. The molecule has 1 unspecified atom stereocenters. The Hall–Kier alpha value is -3.86. The monoisotopic (exact) mass is 437 g/mol. The average molecular weight is 437 g/mol. The van der Waals surface area contributed by atoms with Crippen molar-refractivity contribution in [3.8, 4) is 6.07 Å². The Labute approximate surface area is 187 Å². The molecular weight excluding hydrogens is 410 g/mol. The number of benzene rings is 2. The molecule has 8 nitrogen and oxygen atoms in total. The van der Waals surface area contributed by atoms with Crippen molar-refractivity contribution < 1.29 is 24.2 Å². The van der Waals surface area contributed by atoms with Crippen molar-refractivity contribution in [3.05, 3.63) is 71.3 Å². The number of aryl methyl sites for hydroxylation is 1. The van der Waals surface area contributed by atoms with Gasteiger partial charge in [0, 0.05) is 13.0 Å². The molecule has 0 heterocycles. The summed E-state index contributed by atoms with van der Waals surface area (Å²) < 4.78 is 5.13. The van der Waals surface area contributed by atoms with Gasteiger partial charge in [0.25, 0.3) is 0 Å². The third-order valence-electron chi connectivity index (χ3n) is 4.74. The summed E-state index contributed by atoms with van der Waals surface area (Å²) in [6, 6.07) is 17.5. The van der Waals surface area contributed by atoms with Crippen LogP contribution in [0.5, 0.6) is 0 Å². The van der Waals surface area contributed by atoms with Gasteiger partial charge in [0.05, 0.1) is 11.6 Å². The van der Waals surface area contributed by atoms with Crippen LogP contribution < -0.4 is 10.6 Å². The maximum atomic E-state index is 12.5. The number of hydrogen-bond donors (Lipinski definition) is 3. The van der Waals surface area contributed by atoms with E-state index >= 15 is 0 Å². The van der Waals surface area contributed by atoms with E-state index in [1.165, 1.54) is 0 Å². The van der Waals surface area contributed by atoms with Crippen LogP contribution in [0, 0.1) is 11.3 Å². The highest BCUT2D eigenvalue weighted by atomic mass is 16.5. The van der Waals surface area contributed by atoms with Crippen LogP contribution in [0.3, 0.4) is 0 Å². The molecule has 0 aromatic heterocycles. The maximum absolute atomic E-state index is 12.5. The fourth-order valence-electron chi connectivity index (χ4n) is 2.98. The number of aliphatic carboxylic acids is 1. The number of carboxylic acid groups (broad SMARTS) is 1. The summed E-state index contributed by atoms with van der Waals surface area (Å²) in [5.41, 5.74) is 2.53. The summed E-state index contributed by atoms with van der Waals surface area (Å²) in [5.74, 6) is -1.49. The number of ether oxygens (including phenoxy) is 1. The third kappa shape index (κ3) is 9.30. The van der Waals surface area contributed by atoms with Crippen LogP contribution in [0.1, 0.15) is 42.4 Å². The molecule has 0 spiro atoms. The zero-order valence-electron chi connectivity index (χ0n) is 17.8. The molecule has 2 aromatic carbocycles.